The van der Waals surface area contributed by atoms with Gasteiger partial charge in [-0.25, -0.2) is 8.42 Å². The second-order valence-corrected chi connectivity index (χ2v) is 8.34. The number of aryl methyl sites for hydroxylation is 1. The van der Waals surface area contributed by atoms with E-state index in [0.717, 1.165) is 19.4 Å². The smallest absolute Gasteiger partial charge is 0.261 e. The summed E-state index contributed by atoms with van der Waals surface area (Å²) in [5.74, 6) is 0.306. The highest BCUT2D eigenvalue weighted by molar-refractivity contribution is 7.92. The Bertz CT molecular complexity index is 936. The third-order valence-corrected chi connectivity index (χ3v) is 6.01. The summed E-state index contributed by atoms with van der Waals surface area (Å²) >= 11 is 0. The molecule has 0 bridgehead atoms. The molecule has 1 fully saturated rings. The predicted molar refractivity (Wildman–Crippen MR) is 106 cm³/mol. The molecule has 8 heteroatoms. The van der Waals surface area contributed by atoms with Crippen molar-refractivity contribution in [3.8, 4) is 5.75 Å². The van der Waals surface area contributed by atoms with Crippen LogP contribution >= 0.6 is 0 Å². The van der Waals surface area contributed by atoms with E-state index in [2.05, 4.69) is 10.0 Å². The van der Waals surface area contributed by atoms with E-state index in [4.69, 9.17) is 9.47 Å². The SMILES string of the molecule is COc1ccc(S(=O)(=O)Nc2cc(C(=O)NCC3CCCO3)ccc2C)cc1. The van der Waals surface area contributed by atoms with Gasteiger partial charge < -0.3 is 14.8 Å². The molecule has 2 N–H and O–H groups in total. The Kier molecular flexibility index (Phi) is 6.21. The van der Waals surface area contributed by atoms with Crippen molar-refractivity contribution < 1.29 is 22.7 Å². The summed E-state index contributed by atoms with van der Waals surface area (Å²) < 4.78 is 38.4. The molecule has 150 valence electrons. The Hall–Kier alpha value is -2.58. The van der Waals surface area contributed by atoms with Gasteiger partial charge in [0.05, 0.1) is 23.8 Å². The molecule has 1 heterocycles. The fraction of sp³-hybridized carbons (Fsp3) is 0.350. The molecule has 1 aliphatic rings. The van der Waals surface area contributed by atoms with Crippen LogP contribution in [0.2, 0.25) is 0 Å². The molecule has 3 rings (SSSR count). The van der Waals surface area contributed by atoms with E-state index in [9.17, 15) is 13.2 Å². The standard InChI is InChI=1S/C20H24N2O5S/c1-14-5-6-15(20(23)21-13-17-4-3-11-27-17)12-19(14)22-28(24,25)18-9-7-16(26-2)8-10-18/h5-10,12,17,22H,3-4,11,13H2,1-2H3,(H,21,23). The van der Waals surface area contributed by atoms with Crippen molar-refractivity contribution in [2.75, 3.05) is 25.0 Å². The number of methoxy groups -OCH3 is 1. The second kappa shape index (κ2) is 8.62. The first-order valence-electron chi connectivity index (χ1n) is 9.06. The lowest BCUT2D eigenvalue weighted by Crippen LogP contribution is -2.31. The van der Waals surface area contributed by atoms with E-state index in [1.54, 1.807) is 37.3 Å². The number of sulfonamides is 1. The molecule has 0 spiro atoms. The number of benzene rings is 2. The number of ether oxygens (including phenoxy) is 2. The second-order valence-electron chi connectivity index (χ2n) is 6.66. The highest BCUT2D eigenvalue weighted by atomic mass is 32.2. The minimum atomic E-state index is -3.79. The summed E-state index contributed by atoms with van der Waals surface area (Å²) in [4.78, 5) is 12.5. The molecule has 2 aromatic carbocycles. The monoisotopic (exact) mass is 404 g/mol. The summed E-state index contributed by atoms with van der Waals surface area (Å²) in [7, 11) is -2.27. The fourth-order valence-corrected chi connectivity index (χ4v) is 4.07. The topological polar surface area (TPSA) is 93.7 Å². The van der Waals surface area contributed by atoms with Gasteiger partial charge in [-0.3, -0.25) is 9.52 Å². The summed E-state index contributed by atoms with van der Waals surface area (Å²) in [5.41, 5.74) is 1.46. The van der Waals surface area contributed by atoms with Crippen LogP contribution in [-0.2, 0) is 14.8 Å². The highest BCUT2D eigenvalue weighted by Gasteiger charge is 2.19. The largest absolute Gasteiger partial charge is 0.497 e. The first kappa shape index (κ1) is 20.2. The Morgan fingerprint density at radius 1 is 1.21 bits per heavy atom. The third-order valence-electron chi connectivity index (χ3n) is 4.63. The van der Waals surface area contributed by atoms with Crippen molar-refractivity contribution in [1.29, 1.82) is 0 Å². The minimum absolute atomic E-state index is 0.0439. The predicted octanol–water partition coefficient (Wildman–Crippen LogP) is 2.71. The maximum absolute atomic E-state index is 12.7. The molecule has 1 amide bonds. The molecule has 0 radical (unpaired) electrons. The molecule has 1 aliphatic heterocycles. The molecule has 1 saturated heterocycles. The van der Waals surface area contributed by atoms with Gasteiger partial charge in [0.15, 0.2) is 0 Å². The van der Waals surface area contributed by atoms with Crippen molar-refractivity contribution >= 4 is 21.6 Å². The summed E-state index contributed by atoms with van der Waals surface area (Å²) in [6.45, 7) is 2.95. The van der Waals surface area contributed by atoms with Crippen LogP contribution in [0.3, 0.4) is 0 Å². The first-order valence-corrected chi connectivity index (χ1v) is 10.5. The average Bonchev–Trinajstić information content (AvgIpc) is 3.21. The number of hydrogen-bond donors (Lipinski definition) is 2. The van der Waals surface area contributed by atoms with Crippen molar-refractivity contribution in [3.63, 3.8) is 0 Å². The quantitative estimate of drug-likeness (QED) is 0.740. The van der Waals surface area contributed by atoms with Gasteiger partial charge in [0, 0.05) is 18.7 Å². The lowest BCUT2D eigenvalue weighted by atomic mass is 10.1. The Labute approximate surface area is 165 Å². The Morgan fingerprint density at radius 3 is 2.61 bits per heavy atom. The summed E-state index contributed by atoms with van der Waals surface area (Å²) in [6.07, 6.45) is 1.98. The summed E-state index contributed by atoms with van der Waals surface area (Å²) in [6, 6.07) is 11.0. The van der Waals surface area contributed by atoms with Gasteiger partial charge in [-0.1, -0.05) is 6.07 Å². The van der Waals surface area contributed by atoms with Crippen LogP contribution in [0, 0.1) is 6.92 Å². The molecule has 0 saturated carbocycles. The number of nitrogens with one attached hydrogen (secondary N) is 2. The van der Waals surface area contributed by atoms with Crippen LogP contribution in [0.25, 0.3) is 0 Å². The Balaban J connectivity index is 1.73. The number of anilines is 1. The maximum atomic E-state index is 12.7. The van der Waals surface area contributed by atoms with Gasteiger partial charge in [0.2, 0.25) is 0 Å². The number of carbonyl (C=O) groups is 1. The van der Waals surface area contributed by atoms with Crippen LogP contribution in [0.5, 0.6) is 5.75 Å². The van der Waals surface area contributed by atoms with Crippen LogP contribution in [0.1, 0.15) is 28.8 Å². The van der Waals surface area contributed by atoms with E-state index in [0.29, 0.717) is 29.1 Å². The maximum Gasteiger partial charge on any atom is 0.261 e. The van der Waals surface area contributed by atoms with Crippen LogP contribution < -0.4 is 14.8 Å². The molecular weight excluding hydrogens is 380 g/mol. The molecule has 28 heavy (non-hydrogen) atoms. The fourth-order valence-electron chi connectivity index (χ4n) is 2.95. The molecule has 0 aliphatic carbocycles. The molecular formula is C20H24N2O5S. The normalized spacial score (nSPS) is 16.6. The van der Waals surface area contributed by atoms with Gasteiger partial charge in [-0.05, 0) is 61.7 Å². The molecule has 1 atom stereocenters. The van der Waals surface area contributed by atoms with Gasteiger partial charge in [0.25, 0.3) is 15.9 Å². The lowest BCUT2D eigenvalue weighted by molar-refractivity contribution is 0.0858. The lowest BCUT2D eigenvalue weighted by Gasteiger charge is -2.14. The number of carbonyl (C=O) groups excluding carboxylic acids is 1. The Morgan fingerprint density at radius 2 is 1.96 bits per heavy atom. The number of hydrogen-bond acceptors (Lipinski definition) is 5. The van der Waals surface area contributed by atoms with E-state index in [-0.39, 0.29) is 16.9 Å². The van der Waals surface area contributed by atoms with Gasteiger partial charge in [0.1, 0.15) is 5.75 Å². The zero-order chi connectivity index (χ0) is 20.1. The van der Waals surface area contributed by atoms with E-state index in [1.807, 2.05) is 0 Å². The zero-order valence-corrected chi connectivity index (χ0v) is 16.7. The van der Waals surface area contributed by atoms with Crippen molar-refractivity contribution in [2.45, 2.75) is 30.8 Å². The molecule has 7 nitrogen and oxygen atoms in total. The highest BCUT2D eigenvalue weighted by Crippen LogP contribution is 2.23. The van der Waals surface area contributed by atoms with Gasteiger partial charge >= 0.3 is 0 Å². The first-order chi connectivity index (χ1) is 13.4. The van der Waals surface area contributed by atoms with Gasteiger partial charge in [-0.15, -0.1) is 0 Å². The molecule has 2 aromatic rings. The molecule has 0 aromatic heterocycles. The summed E-state index contributed by atoms with van der Waals surface area (Å²) in [5, 5.41) is 2.84. The van der Waals surface area contributed by atoms with E-state index < -0.39 is 10.0 Å². The number of amides is 1. The van der Waals surface area contributed by atoms with Crippen molar-refractivity contribution in [1.82, 2.24) is 5.32 Å². The van der Waals surface area contributed by atoms with Crippen molar-refractivity contribution in [2.24, 2.45) is 0 Å². The molecule has 1 unspecified atom stereocenters. The van der Waals surface area contributed by atoms with Crippen LogP contribution in [-0.4, -0.2) is 40.7 Å². The van der Waals surface area contributed by atoms with Crippen LogP contribution in [0.15, 0.2) is 47.4 Å². The average molecular weight is 404 g/mol. The number of rotatable bonds is 7. The zero-order valence-electron chi connectivity index (χ0n) is 15.9. The van der Waals surface area contributed by atoms with E-state index in [1.165, 1.54) is 19.2 Å². The minimum Gasteiger partial charge on any atom is -0.497 e. The third kappa shape index (κ3) is 4.82. The van der Waals surface area contributed by atoms with E-state index >= 15 is 0 Å². The van der Waals surface area contributed by atoms with Crippen molar-refractivity contribution in [3.05, 3.63) is 53.6 Å². The van der Waals surface area contributed by atoms with Crippen LogP contribution in [0.4, 0.5) is 5.69 Å². The van der Waals surface area contributed by atoms with Gasteiger partial charge in [-0.2, -0.15) is 0 Å².